The normalized spacial score (nSPS) is 22.2. The van der Waals surface area contributed by atoms with Crippen molar-refractivity contribution in [3.8, 4) is 0 Å². The first-order chi connectivity index (χ1) is 10.1. The Morgan fingerprint density at radius 1 is 1.05 bits per heavy atom. The van der Waals surface area contributed by atoms with Crippen LogP contribution < -0.4 is 15.5 Å². The van der Waals surface area contributed by atoms with E-state index in [9.17, 15) is 0 Å². The van der Waals surface area contributed by atoms with Gasteiger partial charge in [-0.1, -0.05) is 23.7 Å². The number of hydrogen-bond acceptors (Lipinski definition) is 3. The van der Waals surface area contributed by atoms with Crippen LogP contribution in [0.15, 0.2) is 42.5 Å². The van der Waals surface area contributed by atoms with Crippen molar-refractivity contribution in [3.05, 3.63) is 53.1 Å². The average Bonchev–Trinajstić information content (AvgIpc) is 2.78. The highest BCUT2D eigenvalue weighted by molar-refractivity contribution is 6.30. The lowest BCUT2D eigenvalue weighted by Crippen LogP contribution is -2.48. The maximum Gasteiger partial charge on any atom is 0.124 e. The van der Waals surface area contributed by atoms with E-state index in [1.807, 2.05) is 6.07 Å². The predicted molar refractivity (Wildman–Crippen MR) is 89.3 cm³/mol. The van der Waals surface area contributed by atoms with E-state index < -0.39 is 0 Å². The summed E-state index contributed by atoms with van der Waals surface area (Å²) in [4.78, 5) is 2.43. The van der Waals surface area contributed by atoms with E-state index >= 15 is 0 Å². The number of halogens is 1. The Kier molecular flexibility index (Phi) is 2.79. The summed E-state index contributed by atoms with van der Waals surface area (Å²) in [6.07, 6.45) is 0.216. The molecule has 2 aliphatic heterocycles. The third-order valence-corrected chi connectivity index (χ3v) is 4.55. The van der Waals surface area contributed by atoms with Crippen molar-refractivity contribution in [2.24, 2.45) is 0 Å². The Bertz CT molecular complexity index is 698. The molecule has 0 radical (unpaired) electrons. The van der Waals surface area contributed by atoms with Gasteiger partial charge >= 0.3 is 0 Å². The standard InChI is InChI=1S/C17H18ClN3/c1-10(2)21-15-8-7-11(18)9-12(15)16-17(21)20-14-6-4-3-5-13(14)19-16/h3-10,16-17,19-20H,1-2H3. The molecule has 3 nitrogen and oxygen atoms in total. The van der Waals surface area contributed by atoms with Gasteiger partial charge in [0.15, 0.2) is 0 Å². The fourth-order valence-electron chi connectivity index (χ4n) is 3.46. The van der Waals surface area contributed by atoms with Gasteiger partial charge in [0.1, 0.15) is 6.17 Å². The second kappa shape index (κ2) is 4.57. The molecule has 2 unspecified atom stereocenters. The van der Waals surface area contributed by atoms with Gasteiger partial charge < -0.3 is 15.5 Å². The zero-order valence-electron chi connectivity index (χ0n) is 12.1. The van der Waals surface area contributed by atoms with E-state index in [4.69, 9.17) is 11.6 Å². The Balaban J connectivity index is 1.84. The van der Waals surface area contributed by atoms with Crippen LogP contribution in [0.2, 0.25) is 5.02 Å². The maximum atomic E-state index is 6.22. The number of anilines is 3. The average molecular weight is 300 g/mol. The molecule has 2 aromatic carbocycles. The highest BCUT2D eigenvalue weighted by Crippen LogP contribution is 2.47. The van der Waals surface area contributed by atoms with Gasteiger partial charge in [-0.05, 0) is 44.2 Å². The first-order valence-corrected chi connectivity index (χ1v) is 7.73. The number of fused-ring (bicyclic) bond motifs is 4. The third-order valence-electron chi connectivity index (χ3n) is 4.32. The van der Waals surface area contributed by atoms with Crippen molar-refractivity contribution >= 4 is 28.7 Å². The molecule has 0 spiro atoms. The van der Waals surface area contributed by atoms with Gasteiger partial charge in [-0.3, -0.25) is 0 Å². The minimum Gasteiger partial charge on any atom is -0.373 e. The summed E-state index contributed by atoms with van der Waals surface area (Å²) in [7, 11) is 0. The van der Waals surface area contributed by atoms with Crippen LogP contribution in [0.1, 0.15) is 25.5 Å². The van der Waals surface area contributed by atoms with Crippen LogP contribution in [-0.4, -0.2) is 12.2 Å². The van der Waals surface area contributed by atoms with Crippen molar-refractivity contribution in [3.63, 3.8) is 0 Å². The van der Waals surface area contributed by atoms with Gasteiger partial charge in [0.2, 0.25) is 0 Å². The molecule has 0 fully saturated rings. The molecule has 2 atom stereocenters. The van der Waals surface area contributed by atoms with Crippen LogP contribution in [0.25, 0.3) is 0 Å². The molecule has 0 aliphatic carbocycles. The van der Waals surface area contributed by atoms with Crippen LogP contribution in [0.5, 0.6) is 0 Å². The lowest BCUT2D eigenvalue weighted by molar-refractivity contribution is 0.560. The van der Waals surface area contributed by atoms with Crippen molar-refractivity contribution in [1.82, 2.24) is 0 Å². The Morgan fingerprint density at radius 3 is 2.48 bits per heavy atom. The molecule has 4 rings (SSSR count). The quantitative estimate of drug-likeness (QED) is 0.813. The Hall–Kier alpha value is -1.87. The van der Waals surface area contributed by atoms with Crippen LogP contribution in [0, 0.1) is 0 Å². The first-order valence-electron chi connectivity index (χ1n) is 7.35. The van der Waals surface area contributed by atoms with Crippen LogP contribution in [0.3, 0.4) is 0 Å². The Labute approximate surface area is 129 Å². The molecule has 108 valence electrons. The summed E-state index contributed by atoms with van der Waals surface area (Å²) in [5.41, 5.74) is 4.83. The topological polar surface area (TPSA) is 27.3 Å². The second-order valence-corrected chi connectivity index (χ2v) is 6.40. The lowest BCUT2D eigenvalue weighted by atomic mass is 10.0. The summed E-state index contributed by atoms with van der Waals surface area (Å²) in [5.74, 6) is 0. The van der Waals surface area contributed by atoms with Gasteiger partial charge in [0, 0.05) is 22.3 Å². The molecular weight excluding hydrogens is 282 g/mol. The number of nitrogens with one attached hydrogen (secondary N) is 2. The smallest absolute Gasteiger partial charge is 0.124 e. The van der Waals surface area contributed by atoms with Gasteiger partial charge in [-0.2, -0.15) is 0 Å². The van der Waals surface area contributed by atoms with Gasteiger partial charge in [0.05, 0.1) is 17.4 Å². The SMILES string of the molecule is CC(C)N1c2ccc(Cl)cc2C2Nc3ccccc3NC21. The zero-order valence-corrected chi connectivity index (χ0v) is 12.9. The summed E-state index contributed by atoms with van der Waals surface area (Å²) >= 11 is 6.22. The van der Waals surface area contributed by atoms with E-state index in [0.29, 0.717) is 6.04 Å². The fourth-order valence-corrected chi connectivity index (χ4v) is 3.64. The lowest BCUT2D eigenvalue weighted by Gasteiger charge is -2.39. The largest absolute Gasteiger partial charge is 0.373 e. The molecule has 2 aliphatic rings. The van der Waals surface area contributed by atoms with Gasteiger partial charge in [0.25, 0.3) is 0 Å². The fraction of sp³-hybridized carbons (Fsp3) is 0.294. The molecule has 2 N–H and O–H groups in total. The van der Waals surface area contributed by atoms with Gasteiger partial charge in [-0.25, -0.2) is 0 Å². The predicted octanol–water partition coefficient (Wildman–Crippen LogP) is 4.47. The van der Waals surface area contributed by atoms with Crippen molar-refractivity contribution in [2.45, 2.75) is 32.1 Å². The second-order valence-electron chi connectivity index (χ2n) is 5.96. The van der Waals surface area contributed by atoms with Crippen LogP contribution in [0.4, 0.5) is 17.1 Å². The molecular formula is C17H18ClN3. The van der Waals surface area contributed by atoms with Crippen LogP contribution >= 0.6 is 11.6 Å². The molecule has 0 saturated heterocycles. The number of nitrogens with zero attached hydrogens (tertiary/aromatic N) is 1. The molecule has 0 saturated carbocycles. The molecule has 0 aromatic heterocycles. The summed E-state index contributed by atoms with van der Waals surface area (Å²) < 4.78 is 0. The summed E-state index contributed by atoms with van der Waals surface area (Å²) in [5, 5.41) is 8.13. The zero-order chi connectivity index (χ0) is 14.6. The van der Waals surface area contributed by atoms with Gasteiger partial charge in [-0.15, -0.1) is 0 Å². The summed E-state index contributed by atoms with van der Waals surface area (Å²) in [6.45, 7) is 4.45. The maximum absolute atomic E-state index is 6.22. The minimum absolute atomic E-state index is 0.216. The molecule has 2 aromatic rings. The van der Waals surface area contributed by atoms with Crippen molar-refractivity contribution in [1.29, 1.82) is 0 Å². The van der Waals surface area contributed by atoms with E-state index in [-0.39, 0.29) is 12.2 Å². The number of rotatable bonds is 1. The molecule has 4 heteroatoms. The number of benzene rings is 2. The van der Waals surface area contributed by atoms with E-state index in [1.54, 1.807) is 0 Å². The molecule has 0 amide bonds. The van der Waals surface area contributed by atoms with Crippen molar-refractivity contribution in [2.75, 3.05) is 15.5 Å². The monoisotopic (exact) mass is 299 g/mol. The van der Waals surface area contributed by atoms with Crippen molar-refractivity contribution < 1.29 is 0 Å². The van der Waals surface area contributed by atoms with E-state index in [2.05, 4.69) is 65.8 Å². The van der Waals surface area contributed by atoms with E-state index in [1.165, 1.54) is 11.3 Å². The number of hydrogen-bond donors (Lipinski definition) is 2. The minimum atomic E-state index is 0.216. The number of para-hydroxylation sites is 2. The molecule has 21 heavy (non-hydrogen) atoms. The van der Waals surface area contributed by atoms with E-state index in [0.717, 1.165) is 16.4 Å². The Morgan fingerprint density at radius 2 is 1.76 bits per heavy atom. The third kappa shape index (κ3) is 1.88. The highest BCUT2D eigenvalue weighted by Gasteiger charge is 2.42. The summed E-state index contributed by atoms with van der Waals surface area (Å²) in [6, 6.07) is 15.2. The molecule has 0 bridgehead atoms. The first kappa shape index (κ1) is 12.8. The molecule has 2 heterocycles. The van der Waals surface area contributed by atoms with Crippen LogP contribution in [-0.2, 0) is 0 Å². The highest BCUT2D eigenvalue weighted by atomic mass is 35.5.